The van der Waals surface area contributed by atoms with Crippen molar-refractivity contribution in [2.45, 2.75) is 25.4 Å². The highest BCUT2D eigenvalue weighted by molar-refractivity contribution is 5.92. The summed E-state index contributed by atoms with van der Waals surface area (Å²) in [5.41, 5.74) is 1.13. The third-order valence-corrected chi connectivity index (χ3v) is 3.62. The third-order valence-electron chi connectivity index (χ3n) is 3.62. The summed E-state index contributed by atoms with van der Waals surface area (Å²) in [6.45, 7) is 1.20. The summed E-state index contributed by atoms with van der Waals surface area (Å²) in [4.78, 5) is 23.7. The topological polar surface area (TPSA) is 79.5 Å². The van der Waals surface area contributed by atoms with Crippen LogP contribution >= 0.6 is 0 Å². The summed E-state index contributed by atoms with van der Waals surface area (Å²) in [5.74, 6) is -1.19. The van der Waals surface area contributed by atoms with Crippen LogP contribution in [0.5, 0.6) is 5.75 Å². The number of rotatable bonds is 4. The molecule has 0 bridgehead atoms. The maximum atomic E-state index is 12.9. The molecule has 2 aromatic carbocycles. The number of nitrogens with one attached hydrogen (secondary N) is 3. The first-order valence-electron chi connectivity index (χ1n) is 8.25. The number of carbonyl (C=O) groups excluding carboxylic acids is 2. The molecule has 162 valence electrons. The second kappa shape index (κ2) is 8.93. The van der Waals surface area contributed by atoms with E-state index in [4.69, 9.17) is 4.74 Å². The van der Waals surface area contributed by atoms with E-state index in [1.807, 2.05) is 16.2 Å². The van der Waals surface area contributed by atoms with Gasteiger partial charge in [0.2, 0.25) is 0 Å². The molecule has 0 saturated carbocycles. The lowest BCUT2D eigenvalue weighted by Gasteiger charge is -2.17. The molecule has 0 aliphatic heterocycles. The van der Waals surface area contributed by atoms with Gasteiger partial charge in [0.1, 0.15) is 5.75 Å². The summed E-state index contributed by atoms with van der Waals surface area (Å²) in [7, 11) is 0. The van der Waals surface area contributed by atoms with Crippen LogP contribution in [0.3, 0.4) is 0 Å². The van der Waals surface area contributed by atoms with Gasteiger partial charge in [0.05, 0.1) is 16.8 Å². The van der Waals surface area contributed by atoms with Crippen LogP contribution in [0.15, 0.2) is 48.5 Å². The zero-order valence-corrected chi connectivity index (χ0v) is 15.2. The van der Waals surface area contributed by atoms with E-state index in [1.54, 1.807) is 0 Å². The van der Waals surface area contributed by atoms with Gasteiger partial charge in [-0.1, -0.05) is 18.2 Å². The van der Waals surface area contributed by atoms with Crippen molar-refractivity contribution in [3.63, 3.8) is 0 Å². The lowest BCUT2D eigenvalue weighted by molar-refractivity contribution is -0.138. The monoisotopic (exact) mass is 435 g/mol. The normalized spacial score (nSPS) is 12.6. The summed E-state index contributed by atoms with van der Waals surface area (Å²) in [6, 6.07) is 6.82. The van der Waals surface area contributed by atoms with Gasteiger partial charge in [-0.25, -0.2) is 10.2 Å². The minimum Gasteiger partial charge on any atom is -0.481 e. The Morgan fingerprint density at radius 2 is 1.57 bits per heavy atom. The van der Waals surface area contributed by atoms with Crippen molar-refractivity contribution in [3.05, 3.63) is 59.7 Å². The summed E-state index contributed by atoms with van der Waals surface area (Å²) in [6.07, 6.45) is -10.6. The van der Waals surface area contributed by atoms with Gasteiger partial charge in [-0.15, -0.1) is 0 Å². The Bertz CT molecular complexity index is 915. The Balaban J connectivity index is 1.92. The minimum absolute atomic E-state index is 0.240. The van der Waals surface area contributed by atoms with Gasteiger partial charge in [0.25, 0.3) is 5.91 Å². The maximum Gasteiger partial charge on any atom is 0.418 e. The Morgan fingerprint density at radius 1 is 0.900 bits per heavy atom. The fourth-order valence-electron chi connectivity index (χ4n) is 2.22. The van der Waals surface area contributed by atoms with E-state index in [9.17, 15) is 35.9 Å². The highest BCUT2D eigenvalue weighted by Gasteiger charge is 2.33. The van der Waals surface area contributed by atoms with E-state index < -0.39 is 47.2 Å². The number of benzene rings is 2. The predicted molar refractivity (Wildman–Crippen MR) is 93.3 cm³/mol. The fraction of sp³-hybridized carbons (Fsp3) is 0.222. The lowest BCUT2D eigenvalue weighted by Crippen LogP contribution is -2.48. The van der Waals surface area contributed by atoms with Crippen LogP contribution in [0.4, 0.5) is 36.8 Å². The first-order chi connectivity index (χ1) is 13.9. The molecule has 6 nitrogen and oxygen atoms in total. The van der Waals surface area contributed by atoms with Crippen molar-refractivity contribution in [3.8, 4) is 5.75 Å². The molecular formula is C18H15F6N3O3. The fourth-order valence-corrected chi connectivity index (χ4v) is 2.22. The highest BCUT2D eigenvalue weighted by Crippen LogP contribution is 2.34. The van der Waals surface area contributed by atoms with E-state index >= 15 is 0 Å². The molecule has 0 aromatic heterocycles. The number of hydrazine groups is 1. The number of hydrogen-bond donors (Lipinski definition) is 3. The number of ether oxygens (including phenoxy) is 1. The average Bonchev–Trinajstić information content (AvgIpc) is 2.65. The van der Waals surface area contributed by atoms with Crippen molar-refractivity contribution < 1.29 is 40.7 Å². The molecule has 0 radical (unpaired) electrons. The molecule has 0 heterocycles. The van der Waals surface area contributed by atoms with Crippen molar-refractivity contribution in [1.29, 1.82) is 0 Å². The Labute approximate surface area is 166 Å². The van der Waals surface area contributed by atoms with Crippen molar-refractivity contribution in [2.75, 3.05) is 5.32 Å². The van der Waals surface area contributed by atoms with E-state index in [0.717, 1.165) is 30.3 Å². The Hall–Kier alpha value is -3.44. The van der Waals surface area contributed by atoms with Gasteiger partial charge in [-0.3, -0.25) is 10.2 Å². The van der Waals surface area contributed by atoms with Gasteiger partial charge in [0.15, 0.2) is 6.10 Å². The molecular weight excluding hydrogens is 420 g/mol. The maximum absolute atomic E-state index is 12.9. The van der Waals surface area contributed by atoms with Crippen molar-refractivity contribution in [2.24, 2.45) is 0 Å². The van der Waals surface area contributed by atoms with E-state index in [1.165, 1.54) is 19.1 Å². The van der Waals surface area contributed by atoms with Crippen LogP contribution < -0.4 is 20.9 Å². The molecule has 12 heteroatoms. The van der Waals surface area contributed by atoms with E-state index in [2.05, 4.69) is 0 Å². The number of para-hydroxylation sites is 1. The smallest absolute Gasteiger partial charge is 0.418 e. The van der Waals surface area contributed by atoms with Gasteiger partial charge < -0.3 is 10.1 Å². The summed E-state index contributed by atoms with van der Waals surface area (Å²) >= 11 is 0. The standard InChI is InChI=1S/C18H15F6N3O3/c1-10(30-12-6-4-5-11(9-12)17(19,20)21)15(28)26-27-16(29)25-14-8-3-2-7-13(14)18(22,23)24/h2-10H,1H3,(H,26,28)(H2,25,27,29). The molecule has 30 heavy (non-hydrogen) atoms. The lowest BCUT2D eigenvalue weighted by atomic mass is 10.1. The molecule has 0 aliphatic rings. The van der Waals surface area contributed by atoms with Crippen molar-refractivity contribution in [1.82, 2.24) is 10.9 Å². The number of amides is 3. The average molecular weight is 435 g/mol. The minimum atomic E-state index is -4.71. The molecule has 0 saturated heterocycles. The number of halogens is 6. The molecule has 0 aliphatic carbocycles. The molecule has 3 N–H and O–H groups in total. The largest absolute Gasteiger partial charge is 0.481 e. The van der Waals surface area contributed by atoms with E-state index in [-0.39, 0.29) is 5.75 Å². The number of carbonyl (C=O) groups is 2. The molecule has 1 unspecified atom stereocenters. The molecule has 1 atom stereocenters. The van der Waals surface area contributed by atoms with Gasteiger partial charge in [0, 0.05) is 0 Å². The van der Waals surface area contributed by atoms with Crippen LogP contribution in [-0.4, -0.2) is 18.0 Å². The first kappa shape index (κ1) is 22.8. The SMILES string of the molecule is CC(Oc1cccc(C(F)(F)F)c1)C(=O)NNC(=O)Nc1ccccc1C(F)(F)F. The van der Waals surface area contributed by atoms with E-state index in [0.29, 0.717) is 6.07 Å². The van der Waals surface area contributed by atoms with Crippen LogP contribution in [0.1, 0.15) is 18.1 Å². The van der Waals surface area contributed by atoms with Gasteiger partial charge >= 0.3 is 18.4 Å². The van der Waals surface area contributed by atoms with Crippen LogP contribution in [-0.2, 0) is 17.1 Å². The summed E-state index contributed by atoms with van der Waals surface area (Å²) in [5, 5.41) is 1.93. The highest BCUT2D eigenvalue weighted by atomic mass is 19.4. The predicted octanol–water partition coefficient (Wildman–Crippen LogP) is 4.34. The first-order valence-corrected chi connectivity index (χ1v) is 8.25. The summed E-state index contributed by atoms with van der Waals surface area (Å²) < 4.78 is 81.9. The molecule has 2 rings (SSSR count). The zero-order valence-electron chi connectivity index (χ0n) is 15.2. The number of anilines is 1. The quantitative estimate of drug-likeness (QED) is 0.494. The second-order valence-electron chi connectivity index (χ2n) is 5.90. The number of urea groups is 1. The van der Waals surface area contributed by atoms with Crippen LogP contribution in [0, 0.1) is 0 Å². The van der Waals surface area contributed by atoms with Crippen LogP contribution in [0.2, 0.25) is 0 Å². The van der Waals surface area contributed by atoms with Gasteiger partial charge in [-0.2, -0.15) is 26.3 Å². The molecule has 3 amide bonds. The number of alkyl halides is 6. The molecule has 0 spiro atoms. The second-order valence-corrected chi connectivity index (χ2v) is 5.90. The molecule has 0 fully saturated rings. The third kappa shape index (κ3) is 6.29. The number of hydrogen-bond acceptors (Lipinski definition) is 3. The Kier molecular flexibility index (Phi) is 6.80. The van der Waals surface area contributed by atoms with Crippen molar-refractivity contribution >= 4 is 17.6 Å². The zero-order chi connectivity index (χ0) is 22.5. The van der Waals surface area contributed by atoms with Gasteiger partial charge in [-0.05, 0) is 37.3 Å². The molecule has 2 aromatic rings. The Morgan fingerprint density at radius 3 is 2.20 bits per heavy atom. The van der Waals surface area contributed by atoms with Crippen LogP contribution in [0.25, 0.3) is 0 Å².